The summed E-state index contributed by atoms with van der Waals surface area (Å²) in [5.74, 6) is 0. The van der Waals surface area contributed by atoms with E-state index in [2.05, 4.69) is 66.7 Å². The predicted octanol–water partition coefficient (Wildman–Crippen LogP) is 4.82. The monoisotopic (exact) mass is 288 g/mol. The Labute approximate surface area is 124 Å². The third kappa shape index (κ3) is 3.14. The van der Waals surface area contributed by atoms with Crippen molar-refractivity contribution in [3.05, 3.63) is 84.9 Å². The maximum atomic E-state index is 3.04. The van der Waals surface area contributed by atoms with Crippen LogP contribution in [0.15, 0.2) is 78.9 Å². The smallest absolute Gasteiger partial charge is 0 e. The van der Waals surface area contributed by atoms with Crippen LogP contribution in [0.2, 0.25) is 0 Å². The summed E-state index contributed by atoms with van der Waals surface area (Å²) in [7, 11) is 0. The van der Waals surface area contributed by atoms with E-state index in [4.69, 9.17) is 0 Å². The van der Waals surface area contributed by atoms with Gasteiger partial charge in [0.2, 0.25) is 0 Å². The Hall–Kier alpha value is -1.83. The van der Waals surface area contributed by atoms with Gasteiger partial charge in [0, 0.05) is 16.8 Å². The third-order valence-electron chi connectivity index (χ3n) is 3.04. The molecule has 0 aliphatic carbocycles. The third-order valence-corrected chi connectivity index (χ3v) is 3.04. The molecular formula is C18H13Co-. The summed E-state index contributed by atoms with van der Waals surface area (Å²) in [6, 6.07) is 30.2. The van der Waals surface area contributed by atoms with Gasteiger partial charge in [0.1, 0.15) is 0 Å². The zero-order valence-corrected chi connectivity index (χ0v) is 11.4. The maximum absolute atomic E-state index is 3.04. The molecule has 0 aliphatic heterocycles. The van der Waals surface area contributed by atoms with E-state index in [1.54, 1.807) is 0 Å². The van der Waals surface area contributed by atoms with Gasteiger partial charge in [0.25, 0.3) is 0 Å². The molecule has 0 nitrogen and oxygen atoms in total. The predicted molar refractivity (Wildman–Crippen MR) is 76.2 cm³/mol. The Kier molecular flexibility index (Phi) is 4.56. The molecule has 3 rings (SSSR count). The van der Waals surface area contributed by atoms with Crippen molar-refractivity contribution < 1.29 is 16.8 Å². The summed E-state index contributed by atoms with van der Waals surface area (Å²) >= 11 is 0. The molecule has 0 unspecified atom stereocenters. The first kappa shape index (κ1) is 13.6. The molecule has 0 amide bonds. The molecule has 3 aromatic carbocycles. The minimum atomic E-state index is 0. The van der Waals surface area contributed by atoms with Crippen molar-refractivity contribution >= 4 is 0 Å². The number of hydrogen-bond acceptors (Lipinski definition) is 0. The second-order valence-corrected chi connectivity index (χ2v) is 4.23. The molecule has 0 heterocycles. The van der Waals surface area contributed by atoms with Crippen LogP contribution in [-0.4, -0.2) is 0 Å². The van der Waals surface area contributed by atoms with Crippen LogP contribution in [0.25, 0.3) is 22.3 Å². The molecule has 1 heteroatoms. The molecule has 0 atom stereocenters. The van der Waals surface area contributed by atoms with Crippen LogP contribution in [-0.2, 0) is 16.8 Å². The average molecular weight is 288 g/mol. The van der Waals surface area contributed by atoms with Gasteiger partial charge in [-0.25, -0.2) is 0 Å². The summed E-state index contributed by atoms with van der Waals surface area (Å²) in [6.45, 7) is 0. The second kappa shape index (κ2) is 6.37. The van der Waals surface area contributed by atoms with Gasteiger partial charge < -0.3 is 0 Å². The Morgan fingerprint density at radius 1 is 0.474 bits per heavy atom. The first-order chi connectivity index (χ1) is 8.93. The Bertz CT molecular complexity index is 554. The zero-order chi connectivity index (χ0) is 12.2. The fraction of sp³-hybridized carbons (Fsp3) is 0. The van der Waals surface area contributed by atoms with Crippen molar-refractivity contribution in [1.29, 1.82) is 0 Å². The molecule has 95 valence electrons. The molecule has 0 N–H and O–H groups in total. The minimum Gasteiger partial charge on any atom is -0.184 e. The molecule has 0 aliphatic rings. The number of hydrogen-bond donors (Lipinski definition) is 0. The van der Waals surface area contributed by atoms with Crippen LogP contribution in [0.5, 0.6) is 0 Å². The van der Waals surface area contributed by atoms with Crippen LogP contribution >= 0.6 is 0 Å². The fourth-order valence-corrected chi connectivity index (χ4v) is 2.07. The maximum Gasteiger partial charge on any atom is 0 e. The van der Waals surface area contributed by atoms with Crippen molar-refractivity contribution in [2.24, 2.45) is 0 Å². The molecular weight excluding hydrogens is 275 g/mol. The van der Waals surface area contributed by atoms with Crippen molar-refractivity contribution in [3.63, 3.8) is 0 Å². The Morgan fingerprint density at radius 3 is 1.42 bits per heavy atom. The minimum absolute atomic E-state index is 0. The summed E-state index contributed by atoms with van der Waals surface area (Å²) < 4.78 is 0. The van der Waals surface area contributed by atoms with Crippen LogP contribution in [0.4, 0.5) is 0 Å². The van der Waals surface area contributed by atoms with E-state index >= 15 is 0 Å². The molecule has 1 radical (unpaired) electrons. The number of benzene rings is 3. The molecule has 0 fully saturated rings. The second-order valence-electron chi connectivity index (χ2n) is 4.23. The molecule has 0 spiro atoms. The van der Waals surface area contributed by atoms with Crippen molar-refractivity contribution in [2.45, 2.75) is 0 Å². The zero-order valence-electron chi connectivity index (χ0n) is 10.3. The van der Waals surface area contributed by atoms with Gasteiger partial charge in [-0.1, -0.05) is 54.6 Å². The van der Waals surface area contributed by atoms with Crippen LogP contribution < -0.4 is 0 Å². The first-order valence-electron chi connectivity index (χ1n) is 6.05. The summed E-state index contributed by atoms with van der Waals surface area (Å²) in [5, 5.41) is 0. The van der Waals surface area contributed by atoms with E-state index in [0.29, 0.717) is 0 Å². The van der Waals surface area contributed by atoms with Gasteiger partial charge in [0.05, 0.1) is 0 Å². The Balaban J connectivity index is 0.00000133. The summed E-state index contributed by atoms with van der Waals surface area (Å²) in [5.41, 5.74) is 4.98. The number of rotatable bonds is 2. The van der Waals surface area contributed by atoms with Crippen LogP contribution in [0, 0.1) is 6.07 Å². The van der Waals surface area contributed by atoms with Crippen molar-refractivity contribution in [2.75, 3.05) is 0 Å². The van der Waals surface area contributed by atoms with Crippen molar-refractivity contribution in [1.82, 2.24) is 0 Å². The van der Waals surface area contributed by atoms with Gasteiger partial charge in [-0.05, 0) is 16.7 Å². The molecule has 0 bridgehead atoms. The SMILES string of the molecule is [Co].[c-]1ccc(-c2ccc(-c3ccccc3)cc2)cc1. The van der Waals surface area contributed by atoms with Gasteiger partial charge >= 0.3 is 0 Å². The van der Waals surface area contributed by atoms with E-state index in [0.717, 1.165) is 0 Å². The van der Waals surface area contributed by atoms with Gasteiger partial charge in [-0.15, -0.1) is 5.56 Å². The standard InChI is InChI=1S/C18H13.Co/c1-3-7-15(8-4-1)17-11-13-18(14-12-17)16-9-5-2-6-10-16;/h1,3-14H;/q-1;. The van der Waals surface area contributed by atoms with E-state index in [1.165, 1.54) is 22.3 Å². The first-order valence-corrected chi connectivity index (χ1v) is 6.05. The quantitative estimate of drug-likeness (QED) is 0.593. The van der Waals surface area contributed by atoms with Crippen LogP contribution in [0.1, 0.15) is 0 Å². The van der Waals surface area contributed by atoms with Crippen molar-refractivity contribution in [3.8, 4) is 22.3 Å². The van der Waals surface area contributed by atoms with Gasteiger partial charge in [-0.3, -0.25) is 0 Å². The Morgan fingerprint density at radius 2 is 0.895 bits per heavy atom. The molecule has 0 saturated heterocycles. The van der Waals surface area contributed by atoms with Crippen LogP contribution in [0.3, 0.4) is 0 Å². The average Bonchev–Trinajstić information content (AvgIpc) is 2.49. The molecule has 19 heavy (non-hydrogen) atoms. The van der Waals surface area contributed by atoms with Gasteiger partial charge in [0.15, 0.2) is 0 Å². The topological polar surface area (TPSA) is 0 Å². The summed E-state index contributed by atoms with van der Waals surface area (Å²) in [4.78, 5) is 0. The van der Waals surface area contributed by atoms with E-state index < -0.39 is 0 Å². The normalized spacial score (nSPS) is 9.68. The molecule has 0 aromatic heterocycles. The van der Waals surface area contributed by atoms with Gasteiger partial charge in [-0.2, -0.15) is 30.3 Å². The fourth-order valence-electron chi connectivity index (χ4n) is 2.07. The van der Waals surface area contributed by atoms with E-state index in [1.807, 2.05) is 18.2 Å². The largest absolute Gasteiger partial charge is 0.184 e. The summed E-state index contributed by atoms with van der Waals surface area (Å²) in [6.07, 6.45) is 0. The molecule has 3 aromatic rings. The van der Waals surface area contributed by atoms with E-state index in [9.17, 15) is 0 Å². The van der Waals surface area contributed by atoms with E-state index in [-0.39, 0.29) is 16.8 Å². The molecule has 0 saturated carbocycles.